The van der Waals surface area contributed by atoms with Gasteiger partial charge in [-0.3, -0.25) is 14.9 Å². The summed E-state index contributed by atoms with van der Waals surface area (Å²) in [5.74, 6) is -1.04. The van der Waals surface area contributed by atoms with Crippen LogP contribution in [-0.4, -0.2) is 23.4 Å². The van der Waals surface area contributed by atoms with Crippen molar-refractivity contribution >= 4 is 24.0 Å². The Morgan fingerprint density at radius 3 is 2.58 bits per heavy atom. The van der Waals surface area contributed by atoms with E-state index in [2.05, 4.69) is 5.32 Å². The van der Waals surface area contributed by atoms with Crippen LogP contribution in [0.3, 0.4) is 0 Å². The highest BCUT2D eigenvalue weighted by molar-refractivity contribution is 5.98. The minimum Gasteiger partial charge on any atom is -0.348 e. The fourth-order valence-corrected chi connectivity index (χ4v) is 3.30. The topological polar surface area (TPSA) is 98.3 Å². The van der Waals surface area contributed by atoms with Crippen molar-refractivity contribution < 1.29 is 14.1 Å². The zero-order chi connectivity index (χ0) is 17.0. The van der Waals surface area contributed by atoms with Gasteiger partial charge in [0.25, 0.3) is 11.6 Å². The molecule has 1 unspecified atom stereocenters. The second-order valence-corrected chi connectivity index (χ2v) is 6.09. The summed E-state index contributed by atoms with van der Waals surface area (Å²) in [5, 5.41) is 14.0. The number of amides is 1. The number of nitrogens with one attached hydrogen (secondary N) is 1. The van der Waals surface area contributed by atoms with Crippen molar-refractivity contribution in [3.8, 4) is 0 Å². The van der Waals surface area contributed by atoms with Crippen LogP contribution in [0.25, 0.3) is 0 Å². The number of aryl methyl sites for hydroxylation is 1. The second kappa shape index (κ2) is 8.94. The Labute approximate surface area is 146 Å². The summed E-state index contributed by atoms with van der Waals surface area (Å²) in [7, 11) is 0. The van der Waals surface area contributed by atoms with Crippen LogP contribution in [0.2, 0.25) is 0 Å². The number of benzene rings is 1. The van der Waals surface area contributed by atoms with Gasteiger partial charge in [-0.15, -0.1) is 12.4 Å². The third-order valence-corrected chi connectivity index (χ3v) is 4.48. The van der Waals surface area contributed by atoms with Crippen LogP contribution in [0.5, 0.6) is 0 Å². The number of hydrogen-bond donors (Lipinski definition) is 2. The first-order valence-electron chi connectivity index (χ1n) is 7.89. The number of carbonyl (C=O) groups excluding carboxylic acids is 1. The summed E-state index contributed by atoms with van der Waals surface area (Å²) in [5.41, 5.74) is 5.29. The Bertz CT molecular complexity index is 606. The van der Waals surface area contributed by atoms with Crippen LogP contribution >= 0.6 is 12.4 Å². The summed E-state index contributed by atoms with van der Waals surface area (Å²) in [6.07, 6.45) is 5.32. The normalized spacial score (nSPS) is 16.1. The average Bonchev–Trinajstić information content (AvgIpc) is 2.51. The molecule has 2 rings (SSSR count). The molecule has 1 aromatic carbocycles. The maximum Gasteiger partial charge on any atom is 0.285 e. The summed E-state index contributed by atoms with van der Waals surface area (Å²) >= 11 is 0. The van der Waals surface area contributed by atoms with Gasteiger partial charge in [0.05, 0.1) is 4.92 Å². The molecule has 1 aliphatic rings. The van der Waals surface area contributed by atoms with Crippen molar-refractivity contribution in [1.29, 1.82) is 0 Å². The van der Waals surface area contributed by atoms with Crippen molar-refractivity contribution in [1.82, 2.24) is 5.32 Å². The van der Waals surface area contributed by atoms with Crippen molar-refractivity contribution in [2.75, 3.05) is 6.54 Å². The molecule has 0 aromatic heterocycles. The smallest absolute Gasteiger partial charge is 0.285 e. The van der Waals surface area contributed by atoms with Gasteiger partial charge in [-0.05, 0) is 37.8 Å². The number of nitro benzene ring substituents is 1. The molecule has 0 bridgehead atoms. The zero-order valence-corrected chi connectivity index (χ0v) is 14.4. The molecule has 1 aliphatic carbocycles. The summed E-state index contributed by atoms with van der Waals surface area (Å²) in [6, 6.07) is 1.72. The molecule has 0 radical (unpaired) electrons. The lowest BCUT2D eigenvalue weighted by Gasteiger charge is -2.30. The predicted octanol–water partition coefficient (Wildman–Crippen LogP) is 3.10. The fourth-order valence-electron chi connectivity index (χ4n) is 3.30. The fraction of sp³-hybridized carbons (Fsp3) is 0.562. The highest BCUT2D eigenvalue weighted by Gasteiger charge is 2.28. The van der Waals surface area contributed by atoms with Gasteiger partial charge in [-0.25, -0.2) is 4.39 Å². The molecule has 134 valence electrons. The Hall–Kier alpha value is -1.73. The Kier molecular flexibility index (Phi) is 7.57. The van der Waals surface area contributed by atoms with Gasteiger partial charge in [0.2, 0.25) is 0 Å². The number of hydrogen-bond acceptors (Lipinski definition) is 4. The summed E-state index contributed by atoms with van der Waals surface area (Å²) < 4.78 is 13.6. The van der Waals surface area contributed by atoms with Gasteiger partial charge in [-0.1, -0.05) is 19.3 Å². The third kappa shape index (κ3) is 4.64. The number of nitrogens with two attached hydrogens (primary N) is 1. The summed E-state index contributed by atoms with van der Waals surface area (Å²) in [6.45, 7) is 1.68. The van der Waals surface area contributed by atoms with Gasteiger partial charge >= 0.3 is 0 Å². The van der Waals surface area contributed by atoms with E-state index >= 15 is 0 Å². The Morgan fingerprint density at radius 1 is 1.42 bits per heavy atom. The van der Waals surface area contributed by atoms with Gasteiger partial charge < -0.3 is 11.1 Å². The van der Waals surface area contributed by atoms with Crippen molar-refractivity contribution in [2.45, 2.75) is 45.1 Å². The van der Waals surface area contributed by atoms with Crippen LogP contribution in [0.4, 0.5) is 10.1 Å². The van der Waals surface area contributed by atoms with Crippen LogP contribution < -0.4 is 11.1 Å². The van der Waals surface area contributed by atoms with E-state index in [0.29, 0.717) is 0 Å². The third-order valence-electron chi connectivity index (χ3n) is 4.48. The van der Waals surface area contributed by atoms with Crippen LogP contribution in [-0.2, 0) is 0 Å². The monoisotopic (exact) mass is 359 g/mol. The molecule has 1 aromatic rings. The SMILES string of the molecule is Cc1cc(F)cc(C(=O)NC(CN)C2CCCCC2)c1[N+](=O)[O-].Cl. The first kappa shape index (κ1) is 20.3. The van der Waals surface area contributed by atoms with E-state index in [1.165, 1.54) is 13.3 Å². The molecular weight excluding hydrogens is 337 g/mol. The van der Waals surface area contributed by atoms with E-state index in [1.54, 1.807) is 0 Å². The highest BCUT2D eigenvalue weighted by Crippen LogP contribution is 2.28. The predicted molar refractivity (Wildman–Crippen MR) is 91.9 cm³/mol. The van der Waals surface area contributed by atoms with Gasteiger partial charge in [0.1, 0.15) is 11.4 Å². The largest absolute Gasteiger partial charge is 0.348 e. The van der Waals surface area contributed by atoms with Gasteiger partial charge in [-0.2, -0.15) is 0 Å². The van der Waals surface area contributed by atoms with E-state index in [4.69, 9.17) is 5.73 Å². The van der Waals surface area contributed by atoms with E-state index in [-0.39, 0.29) is 47.7 Å². The van der Waals surface area contributed by atoms with E-state index in [1.807, 2.05) is 0 Å². The lowest BCUT2D eigenvalue weighted by atomic mass is 9.83. The van der Waals surface area contributed by atoms with E-state index in [9.17, 15) is 19.3 Å². The lowest BCUT2D eigenvalue weighted by Crippen LogP contribution is -2.46. The molecule has 8 heteroatoms. The van der Waals surface area contributed by atoms with Gasteiger partial charge in [0.15, 0.2) is 0 Å². The quantitative estimate of drug-likeness (QED) is 0.623. The number of rotatable bonds is 5. The standard InChI is InChI=1S/C16H22FN3O3.ClH/c1-10-7-12(17)8-13(15(10)20(22)23)16(21)19-14(9-18)11-5-3-2-4-6-11;/h7-8,11,14H,2-6,9,18H2,1H3,(H,19,21);1H. The molecular formula is C16H23ClFN3O3. The number of nitrogens with zero attached hydrogens (tertiary/aromatic N) is 1. The first-order valence-corrected chi connectivity index (χ1v) is 7.89. The van der Waals surface area contributed by atoms with Crippen LogP contribution in [0.15, 0.2) is 12.1 Å². The molecule has 6 nitrogen and oxygen atoms in total. The maximum atomic E-state index is 13.6. The minimum atomic E-state index is -0.666. The van der Waals surface area contributed by atoms with Crippen LogP contribution in [0, 0.1) is 28.8 Å². The lowest BCUT2D eigenvalue weighted by molar-refractivity contribution is -0.385. The second-order valence-electron chi connectivity index (χ2n) is 6.09. The van der Waals surface area contributed by atoms with Crippen molar-refractivity contribution in [2.24, 2.45) is 11.7 Å². The van der Waals surface area contributed by atoms with Crippen molar-refractivity contribution in [3.63, 3.8) is 0 Å². The van der Waals surface area contributed by atoms with Crippen molar-refractivity contribution in [3.05, 3.63) is 39.2 Å². The van der Waals surface area contributed by atoms with Gasteiger partial charge in [0, 0.05) is 18.2 Å². The van der Waals surface area contributed by atoms with E-state index < -0.39 is 16.6 Å². The molecule has 1 amide bonds. The minimum absolute atomic E-state index is 0. The number of nitro groups is 1. The maximum absolute atomic E-state index is 13.6. The molecule has 0 heterocycles. The molecule has 3 N–H and O–H groups in total. The molecule has 0 spiro atoms. The highest BCUT2D eigenvalue weighted by atomic mass is 35.5. The molecule has 1 atom stereocenters. The zero-order valence-electron chi connectivity index (χ0n) is 13.6. The Balaban J connectivity index is 0.00000288. The summed E-state index contributed by atoms with van der Waals surface area (Å²) in [4.78, 5) is 23.0. The molecule has 0 aliphatic heterocycles. The van der Waals surface area contributed by atoms with E-state index in [0.717, 1.165) is 37.8 Å². The molecule has 1 saturated carbocycles. The first-order chi connectivity index (χ1) is 10.9. The number of halogens is 2. The number of carbonyl (C=O) groups is 1. The average molecular weight is 360 g/mol. The molecule has 0 saturated heterocycles. The Morgan fingerprint density at radius 2 is 2.04 bits per heavy atom. The molecule has 24 heavy (non-hydrogen) atoms. The van der Waals surface area contributed by atoms with Crippen LogP contribution in [0.1, 0.15) is 48.0 Å². The molecule has 1 fully saturated rings.